The summed E-state index contributed by atoms with van der Waals surface area (Å²) in [5, 5.41) is 12.8. The van der Waals surface area contributed by atoms with Gasteiger partial charge in [0.15, 0.2) is 6.10 Å². The molecule has 0 spiro atoms. The molecule has 0 fully saturated rings. The van der Waals surface area contributed by atoms with Crippen molar-refractivity contribution >= 4 is 23.4 Å². The quantitative estimate of drug-likeness (QED) is 0.489. The van der Waals surface area contributed by atoms with Crippen molar-refractivity contribution in [1.29, 1.82) is 0 Å². The number of ether oxygens (including phenoxy) is 1. The summed E-state index contributed by atoms with van der Waals surface area (Å²) in [6.45, 7) is 1.22. The summed E-state index contributed by atoms with van der Waals surface area (Å²) in [6, 6.07) is 5.63. The number of amides is 1. The van der Waals surface area contributed by atoms with Crippen LogP contribution in [0.2, 0.25) is 0 Å². The lowest BCUT2D eigenvalue weighted by Gasteiger charge is -2.13. The highest BCUT2D eigenvalue weighted by molar-refractivity contribution is 5.96. The highest BCUT2D eigenvalue weighted by Gasteiger charge is 2.30. The number of alkyl halides is 3. The predicted octanol–water partition coefficient (Wildman–Crippen LogP) is 3.39. The average Bonchev–Trinajstić information content (AvgIpc) is 3.04. The number of hydrogen-bond acceptors (Lipinski definition) is 6. The first-order chi connectivity index (χ1) is 12.1. The number of esters is 1. The van der Waals surface area contributed by atoms with E-state index in [1.807, 2.05) is 0 Å². The maximum absolute atomic E-state index is 12.5. The van der Waals surface area contributed by atoms with Crippen molar-refractivity contribution in [2.45, 2.75) is 19.2 Å². The van der Waals surface area contributed by atoms with E-state index < -0.39 is 46.3 Å². The molecule has 1 amide bonds. The molecule has 0 aliphatic heterocycles. The molecule has 2 rings (SSSR count). The van der Waals surface area contributed by atoms with Gasteiger partial charge in [-0.1, -0.05) is 0 Å². The van der Waals surface area contributed by atoms with E-state index in [2.05, 4.69) is 9.73 Å². The van der Waals surface area contributed by atoms with E-state index >= 15 is 0 Å². The van der Waals surface area contributed by atoms with Crippen LogP contribution in [0.15, 0.2) is 40.8 Å². The van der Waals surface area contributed by atoms with Gasteiger partial charge in [0.25, 0.3) is 5.91 Å². The number of furan rings is 1. The Balaban J connectivity index is 1.96. The first-order valence-electron chi connectivity index (χ1n) is 7.01. The molecule has 0 saturated heterocycles. The van der Waals surface area contributed by atoms with Gasteiger partial charge in [0.1, 0.15) is 4.92 Å². The van der Waals surface area contributed by atoms with Gasteiger partial charge in [0.2, 0.25) is 5.76 Å². The zero-order valence-electron chi connectivity index (χ0n) is 13.1. The third-order valence-electron chi connectivity index (χ3n) is 3.11. The van der Waals surface area contributed by atoms with Gasteiger partial charge < -0.3 is 14.5 Å². The Hall–Kier alpha value is -3.37. The number of nitrogens with one attached hydrogen (secondary N) is 1. The van der Waals surface area contributed by atoms with Gasteiger partial charge >= 0.3 is 18.0 Å². The van der Waals surface area contributed by atoms with Crippen LogP contribution in [0.25, 0.3) is 0 Å². The van der Waals surface area contributed by atoms with Crippen LogP contribution in [0, 0.1) is 10.1 Å². The minimum Gasteiger partial charge on any atom is -0.447 e. The maximum Gasteiger partial charge on any atom is 0.433 e. The molecule has 0 aliphatic carbocycles. The van der Waals surface area contributed by atoms with Crippen LogP contribution >= 0.6 is 0 Å². The summed E-state index contributed by atoms with van der Waals surface area (Å²) in [6.07, 6.45) is -5.83. The summed E-state index contributed by atoms with van der Waals surface area (Å²) in [5.41, 5.74) is -0.811. The van der Waals surface area contributed by atoms with E-state index in [0.29, 0.717) is 0 Å². The fourth-order valence-corrected chi connectivity index (χ4v) is 1.79. The van der Waals surface area contributed by atoms with Crippen LogP contribution in [0.3, 0.4) is 0 Å². The SMILES string of the molecule is C[C@H](OC(=O)c1ccc([N+](=O)[O-])o1)C(=O)Nc1ccc(C(F)(F)F)cc1. The van der Waals surface area contributed by atoms with Crippen molar-refractivity contribution in [2.75, 3.05) is 5.32 Å². The van der Waals surface area contributed by atoms with Crippen LogP contribution in [0.1, 0.15) is 23.0 Å². The highest BCUT2D eigenvalue weighted by atomic mass is 19.4. The average molecular weight is 372 g/mol. The van der Waals surface area contributed by atoms with Gasteiger partial charge in [0.05, 0.1) is 11.6 Å². The zero-order chi connectivity index (χ0) is 19.5. The molecule has 1 aromatic heterocycles. The van der Waals surface area contributed by atoms with Crippen molar-refractivity contribution in [2.24, 2.45) is 0 Å². The molecular formula is C15H11F3N2O6. The van der Waals surface area contributed by atoms with E-state index in [-0.39, 0.29) is 5.69 Å². The number of rotatable bonds is 5. The second-order valence-electron chi connectivity index (χ2n) is 5.01. The third-order valence-corrected chi connectivity index (χ3v) is 3.11. The molecule has 1 aromatic carbocycles. The van der Waals surface area contributed by atoms with Crippen LogP contribution < -0.4 is 5.32 Å². The molecule has 138 valence electrons. The fourth-order valence-electron chi connectivity index (χ4n) is 1.79. The van der Waals surface area contributed by atoms with E-state index in [9.17, 15) is 32.9 Å². The summed E-state index contributed by atoms with van der Waals surface area (Å²) in [7, 11) is 0. The number of carbonyl (C=O) groups is 2. The van der Waals surface area contributed by atoms with Crippen molar-refractivity contribution in [3.8, 4) is 0 Å². The van der Waals surface area contributed by atoms with E-state index in [1.165, 1.54) is 6.92 Å². The van der Waals surface area contributed by atoms with Gasteiger partial charge in [-0.15, -0.1) is 0 Å². The number of nitro groups is 1. The predicted molar refractivity (Wildman–Crippen MR) is 80.3 cm³/mol. The summed E-state index contributed by atoms with van der Waals surface area (Å²) in [4.78, 5) is 33.3. The molecule has 0 aliphatic rings. The third kappa shape index (κ3) is 4.59. The Morgan fingerprint density at radius 1 is 1.19 bits per heavy atom. The topological polar surface area (TPSA) is 112 Å². The van der Waals surface area contributed by atoms with Crippen LogP contribution in [0.4, 0.5) is 24.7 Å². The number of nitrogens with zero attached hydrogens (tertiary/aromatic N) is 1. The van der Waals surface area contributed by atoms with Gasteiger partial charge in [-0.25, -0.2) is 4.79 Å². The molecule has 0 saturated carbocycles. The van der Waals surface area contributed by atoms with Gasteiger partial charge in [-0.05, 0) is 37.3 Å². The molecule has 8 nitrogen and oxygen atoms in total. The molecule has 0 bridgehead atoms. The molecule has 2 aromatic rings. The number of halogens is 3. The fraction of sp³-hybridized carbons (Fsp3) is 0.200. The van der Waals surface area contributed by atoms with Crippen LogP contribution in [-0.4, -0.2) is 22.9 Å². The summed E-state index contributed by atoms with van der Waals surface area (Å²) >= 11 is 0. The minimum absolute atomic E-state index is 0.0690. The summed E-state index contributed by atoms with van der Waals surface area (Å²) in [5.74, 6) is -3.04. The highest BCUT2D eigenvalue weighted by Crippen LogP contribution is 2.29. The van der Waals surface area contributed by atoms with Crippen LogP contribution in [-0.2, 0) is 15.7 Å². The van der Waals surface area contributed by atoms with Crippen molar-refractivity contribution in [3.63, 3.8) is 0 Å². The van der Waals surface area contributed by atoms with Crippen LogP contribution in [0.5, 0.6) is 0 Å². The smallest absolute Gasteiger partial charge is 0.433 e. The molecule has 0 unspecified atom stereocenters. The molecule has 11 heteroatoms. The van der Waals surface area contributed by atoms with E-state index in [1.54, 1.807) is 0 Å². The minimum atomic E-state index is -4.50. The number of benzene rings is 1. The number of carbonyl (C=O) groups excluding carboxylic acids is 2. The number of hydrogen-bond donors (Lipinski definition) is 1. The van der Waals surface area contributed by atoms with Gasteiger partial charge in [-0.2, -0.15) is 13.2 Å². The molecule has 1 heterocycles. The lowest BCUT2D eigenvalue weighted by atomic mass is 10.2. The second-order valence-corrected chi connectivity index (χ2v) is 5.01. The Labute approximate surface area is 143 Å². The molecular weight excluding hydrogens is 361 g/mol. The van der Waals surface area contributed by atoms with Gasteiger partial charge in [-0.3, -0.25) is 14.9 Å². The zero-order valence-corrected chi connectivity index (χ0v) is 13.1. The van der Waals surface area contributed by atoms with Crippen molar-refractivity contribution in [1.82, 2.24) is 0 Å². The lowest BCUT2D eigenvalue weighted by molar-refractivity contribution is -0.402. The molecule has 0 radical (unpaired) electrons. The normalized spacial score (nSPS) is 12.3. The monoisotopic (exact) mass is 372 g/mol. The standard InChI is InChI=1S/C15H11F3N2O6/c1-8(25-14(22)11-6-7-12(26-11)20(23)24)13(21)19-10-4-2-9(3-5-10)15(16,17)18/h2-8H,1H3,(H,19,21)/t8-/m0/s1. The number of anilines is 1. The summed E-state index contributed by atoms with van der Waals surface area (Å²) < 4.78 is 46.8. The van der Waals surface area contributed by atoms with Crippen molar-refractivity contribution < 1.29 is 36.8 Å². The Kier molecular flexibility index (Phi) is 5.29. The van der Waals surface area contributed by atoms with Crippen molar-refractivity contribution in [3.05, 3.63) is 57.8 Å². The Morgan fingerprint density at radius 3 is 2.31 bits per heavy atom. The first kappa shape index (κ1) is 19.0. The van der Waals surface area contributed by atoms with E-state index in [0.717, 1.165) is 36.4 Å². The molecule has 26 heavy (non-hydrogen) atoms. The van der Waals surface area contributed by atoms with E-state index in [4.69, 9.17) is 4.74 Å². The second kappa shape index (κ2) is 7.25. The largest absolute Gasteiger partial charge is 0.447 e. The molecule has 1 N–H and O–H groups in total. The Morgan fingerprint density at radius 2 is 1.81 bits per heavy atom. The Bertz CT molecular complexity index is 829. The lowest BCUT2D eigenvalue weighted by Crippen LogP contribution is -2.29. The molecule has 1 atom stereocenters. The maximum atomic E-state index is 12.5. The first-order valence-corrected chi connectivity index (χ1v) is 7.01. The van der Waals surface area contributed by atoms with Gasteiger partial charge in [0, 0.05) is 5.69 Å².